The molecule has 0 spiro atoms. The van der Waals surface area contributed by atoms with Gasteiger partial charge >= 0.3 is 0 Å². The van der Waals surface area contributed by atoms with Crippen LogP contribution in [0.4, 0.5) is 5.82 Å². The van der Waals surface area contributed by atoms with Crippen molar-refractivity contribution in [1.29, 1.82) is 0 Å². The second-order valence-electron chi connectivity index (χ2n) is 5.92. The molecule has 2 aromatic rings. The molecule has 0 saturated carbocycles. The molecule has 1 aromatic carbocycles. The summed E-state index contributed by atoms with van der Waals surface area (Å²) in [6, 6.07) is 12.4. The van der Waals surface area contributed by atoms with Gasteiger partial charge in [0.2, 0.25) is 0 Å². The number of fused-ring (bicyclic) bond motifs is 5. The average Bonchev–Trinajstić information content (AvgIpc) is 2.63. The number of hydrogen-bond donors (Lipinski definition) is 1. The Bertz CT molecular complexity index is 673. The first-order valence-corrected chi connectivity index (χ1v) is 7.42. The highest BCUT2D eigenvalue weighted by molar-refractivity contribution is 5.57. The van der Waals surface area contributed by atoms with Crippen molar-refractivity contribution in [3.05, 3.63) is 59.3 Å². The Balaban J connectivity index is 1.95. The first-order chi connectivity index (χ1) is 10.3. The Hall–Kier alpha value is -1.91. The fraction of sp³-hybridized carbons (Fsp3) is 0.353. The molecule has 0 aliphatic carbocycles. The first-order valence-electron chi connectivity index (χ1n) is 7.42. The number of anilines is 1. The molecule has 1 unspecified atom stereocenters. The molecule has 1 aromatic heterocycles. The number of pyridine rings is 1. The van der Waals surface area contributed by atoms with E-state index in [1.807, 2.05) is 30.5 Å². The van der Waals surface area contributed by atoms with Gasteiger partial charge in [-0.2, -0.15) is 0 Å². The van der Waals surface area contributed by atoms with Crippen LogP contribution in [-0.2, 0) is 0 Å². The minimum absolute atomic E-state index is 0.255. The summed E-state index contributed by atoms with van der Waals surface area (Å²) in [5.74, 6) is 0.930. The molecule has 2 aliphatic heterocycles. The molecule has 2 aliphatic rings. The largest absolute Gasteiger partial charge is 0.384 e. The van der Waals surface area contributed by atoms with Crippen LogP contribution < -0.4 is 4.90 Å². The number of rotatable bonds is 0. The fourth-order valence-electron chi connectivity index (χ4n) is 3.53. The lowest BCUT2D eigenvalue weighted by Crippen LogP contribution is -2.47. The van der Waals surface area contributed by atoms with E-state index >= 15 is 0 Å². The van der Waals surface area contributed by atoms with Gasteiger partial charge in [0.1, 0.15) is 11.9 Å². The normalized spacial score (nSPS) is 24.8. The van der Waals surface area contributed by atoms with Gasteiger partial charge in [-0.05, 0) is 24.2 Å². The summed E-state index contributed by atoms with van der Waals surface area (Å²) < 4.78 is 0. The van der Waals surface area contributed by atoms with Crippen LogP contribution in [0.3, 0.4) is 0 Å². The zero-order valence-corrected chi connectivity index (χ0v) is 12.1. The van der Waals surface area contributed by atoms with Gasteiger partial charge in [-0.1, -0.05) is 30.3 Å². The first kappa shape index (κ1) is 12.8. The minimum atomic E-state index is -0.596. The molecule has 108 valence electrons. The smallest absolute Gasteiger partial charge is 0.135 e. The van der Waals surface area contributed by atoms with Crippen molar-refractivity contribution in [3.63, 3.8) is 0 Å². The van der Waals surface area contributed by atoms with E-state index in [4.69, 9.17) is 0 Å². The number of hydrogen-bond acceptors (Lipinski definition) is 4. The molecule has 4 rings (SSSR count). The van der Waals surface area contributed by atoms with Crippen molar-refractivity contribution in [2.45, 2.75) is 12.1 Å². The van der Waals surface area contributed by atoms with Gasteiger partial charge in [0.15, 0.2) is 0 Å². The molecule has 0 radical (unpaired) electrons. The summed E-state index contributed by atoms with van der Waals surface area (Å²) in [7, 11) is 2.15. The molecule has 4 nitrogen and oxygen atoms in total. The van der Waals surface area contributed by atoms with Crippen LogP contribution in [0.1, 0.15) is 28.8 Å². The Labute approximate surface area is 124 Å². The summed E-state index contributed by atoms with van der Waals surface area (Å²) in [5, 5.41) is 10.8. The van der Waals surface area contributed by atoms with E-state index in [0.29, 0.717) is 0 Å². The predicted molar refractivity (Wildman–Crippen MR) is 82.3 cm³/mol. The molecule has 21 heavy (non-hydrogen) atoms. The highest BCUT2D eigenvalue weighted by Crippen LogP contribution is 2.42. The third-order valence-corrected chi connectivity index (χ3v) is 4.62. The van der Waals surface area contributed by atoms with E-state index in [1.54, 1.807) is 0 Å². The summed E-state index contributed by atoms with van der Waals surface area (Å²) in [6.07, 6.45) is 1.22. The Morgan fingerprint density at radius 3 is 2.67 bits per heavy atom. The molecule has 2 atom stereocenters. The third kappa shape index (κ3) is 1.94. The lowest BCUT2D eigenvalue weighted by molar-refractivity contribution is 0.220. The number of nitrogens with zero attached hydrogens (tertiary/aromatic N) is 3. The van der Waals surface area contributed by atoms with E-state index in [-0.39, 0.29) is 6.04 Å². The van der Waals surface area contributed by atoms with Crippen LogP contribution >= 0.6 is 0 Å². The summed E-state index contributed by atoms with van der Waals surface area (Å²) >= 11 is 0. The lowest BCUT2D eigenvalue weighted by atomic mass is 9.94. The second-order valence-corrected chi connectivity index (χ2v) is 5.92. The molecule has 1 fully saturated rings. The minimum Gasteiger partial charge on any atom is -0.384 e. The molecule has 1 saturated heterocycles. The molecule has 3 heterocycles. The zero-order chi connectivity index (χ0) is 14.4. The zero-order valence-electron chi connectivity index (χ0n) is 12.1. The van der Waals surface area contributed by atoms with Crippen LogP contribution in [0, 0.1) is 0 Å². The van der Waals surface area contributed by atoms with Crippen LogP contribution in [-0.4, -0.2) is 41.7 Å². The van der Waals surface area contributed by atoms with E-state index in [2.05, 4.69) is 34.0 Å². The highest BCUT2D eigenvalue weighted by atomic mass is 16.3. The van der Waals surface area contributed by atoms with Gasteiger partial charge in [0.05, 0.1) is 6.04 Å². The van der Waals surface area contributed by atoms with E-state index in [9.17, 15) is 5.11 Å². The SMILES string of the molecule is CN1CCN2c3ncccc3C(O)c3ccccc3[C@H]2C1. The molecule has 0 bridgehead atoms. The van der Waals surface area contributed by atoms with E-state index in [0.717, 1.165) is 36.6 Å². The Morgan fingerprint density at radius 1 is 1.05 bits per heavy atom. The van der Waals surface area contributed by atoms with Crippen molar-refractivity contribution in [2.75, 3.05) is 31.6 Å². The monoisotopic (exact) mass is 281 g/mol. The summed E-state index contributed by atoms with van der Waals surface area (Å²) in [6.45, 7) is 2.91. The lowest BCUT2D eigenvalue weighted by Gasteiger charge is -2.40. The molecule has 4 heteroatoms. The molecular formula is C17H19N3O. The van der Waals surface area contributed by atoms with Crippen molar-refractivity contribution < 1.29 is 5.11 Å². The second kappa shape index (κ2) is 4.83. The van der Waals surface area contributed by atoms with Crippen LogP contribution in [0.5, 0.6) is 0 Å². The number of benzene rings is 1. The third-order valence-electron chi connectivity index (χ3n) is 4.62. The number of aliphatic hydroxyl groups is 1. The van der Waals surface area contributed by atoms with E-state index < -0.39 is 6.10 Å². The Kier molecular flexibility index (Phi) is 2.94. The van der Waals surface area contributed by atoms with Crippen LogP contribution in [0.25, 0.3) is 0 Å². The Morgan fingerprint density at radius 2 is 1.81 bits per heavy atom. The van der Waals surface area contributed by atoms with Gasteiger partial charge in [-0.25, -0.2) is 4.98 Å². The quantitative estimate of drug-likeness (QED) is 0.801. The van der Waals surface area contributed by atoms with Crippen molar-refractivity contribution in [2.24, 2.45) is 0 Å². The van der Waals surface area contributed by atoms with Gasteiger partial charge < -0.3 is 14.9 Å². The maximum Gasteiger partial charge on any atom is 0.135 e. The van der Waals surface area contributed by atoms with Gasteiger partial charge in [-0.15, -0.1) is 0 Å². The van der Waals surface area contributed by atoms with E-state index in [1.165, 1.54) is 5.56 Å². The number of aromatic nitrogens is 1. The standard InChI is InChI=1S/C17H19N3O/c1-19-9-10-20-15(11-19)12-5-2-3-6-13(12)16(21)14-7-4-8-18-17(14)20/h2-8,15-16,21H,9-11H2,1H3/t15-,16?/m1/s1. The van der Waals surface area contributed by atoms with Crippen LogP contribution in [0.2, 0.25) is 0 Å². The predicted octanol–water partition coefficient (Wildman–Crippen LogP) is 1.97. The van der Waals surface area contributed by atoms with Crippen molar-refractivity contribution >= 4 is 5.82 Å². The molecule has 1 N–H and O–H groups in total. The average molecular weight is 281 g/mol. The van der Waals surface area contributed by atoms with Gasteiger partial charge in [0.25, 0.3) is 0 Å². The van der Waals surface area contributed by atoms with Gasteiger partial charge in [-0.3, -0.25) is 0 Å². The number of piperazine rings is 1. The number of aliphatic hydroxyl groups excluding tert-OH is 1. The topological polar surface area (TPSA) is 39.6 Å². The summed E-state index contributed by atoms with van der Waals surface area (Å²) in [5.41, 5.74) is 3.14. The highest BCUT2D eigenvalue weighted by Gasteiger charge is 2.35. The van der Waals surface area contributed by atoms with Gasteiger partial charge in [0, 0.05) is 31.4 Å². The van der Waals surface area contributed by atoms with Crippen molar-refractivity contribution in [3.8, 4) is 0 Å². The molecule has 0 amide bonds. The number of likely N-dealkylation sites (N-methyl/N-ethyl adjacent to an activating group) is 1. The molecular weight excluding hydrogens is 262 g/mol. The fourth-order valence-corrected chi connectivity index (χ4v) is 3.53. The summed E-state index contributed by atoms with van der Waals surface area (Å²) in [4.78, 5) is 9.27. The maximum atomic E-state index is 10.8. The van der Waals surface area contributed by atoms with Crippen LogP contribution in [0.15, 0.2) is 42.6 Å². The maximum absolute atomic E-state index is 10.8. The van der Waals surface area contributed by atoms with Crippen molar-refractivity contribution in [1.82, 2.24) is 9.88 Å².